The maximum Gasteiger partial charge on any atom is 0.0844 e. The molecule has 0 bridgehead atoms. The van der Waals surface area contributed by atoms with Crippen molar-refractivity contribution in [2.45, 2.75) is 32.1 Å². The van der Waals surface area contributed by atoms with Crippen molar-refractivity contribution in [1.82, 2.24) is 4.98 Å². The molecular formula is C22H19NS. The third kappa shape index (κ3) is 2.17. The molecule has 4 aromatic rings. The van der Waals surface area contributed by atoms with E-state index in [1.807, 2.05) is 11.3 Å². The Kier molecular flexibility index (Phi) is 3.37. The molecule has 0 atom stereocenters. The molecule has 0 fully saturated rings. The van der Waals surface area contributed by atoms with Crippen molar-refractivity contribution in [3.05, 3.63) is 65.0 Å². The Morgan fingerprint density at radius 3 is 2.50 bits per heavy atom. The van der Waals surface area contributed by atoms with Gasteiger partial charge in [0.1, 0.15) is 0 Å². The Hall–Kier alpha value is -2.19. The number of fused-ring (bicyclic) bond motifs is 5. The zero-order chi connectivity index (χ0) is 15.9. The van der Waals surface area contributed by atoms with Crippen LogP contribution in [0, 0.1) is 0 Å². The van der Waals surface area contributed by atoms with Crippen LogP contribution in [0.4, 0.5) is 0 Å². The predicted octanol–water partition coefficient (Wildman–Crippen LogP) is 6.39. The van der Waals surface area contributed by atoms with Crippen molar-refractivity contribution in [3.8, 4) is 10.6 Å². The Morgan fingerprint density at radius 1 is 0.750 bits per heavy atom. The van der Waals surface area contributed by atoms with Gasteiger partial charge in [-0.05, 0) is 53.6 Å². The summed E-state index contributed by atoms with van der Waals surface area (Å²) in [4.78, 5) is 6.52. The maximum absolute atomic E-state index is 5.21. The molecule has 0 N–H and O–H groups in total. The van der Waals surface area contributed by atoms with Crippen LogP contribution in [0.3, 0.4) is 0 Å². The van der Waals surface area contributed by atoms with Crippen LogP contribution in [0.1, 0.15) is 30.4 Å². The molecule has 2 heteroatoms. The average Bonchev–Trinajstić information content (AvgIpc) is 3.05. The first-order valence-electron chi connectivity index (χ1n) is 8.79. The van der Waals surface area contributed by atoms with Crippen LogP contribution in [0.2, 0.25) is 0 Å². The Labute approximate surface area is 146 Å². The van der Waals surface area contributed by atoms with Gasteiger partial charge in [-0.2, -0.15) is 0 Å². The normalized spacial score (nSPS) is 14.7. The van der Waals surface area contributed by atoms with Crippen molar-refractivity contribution >= 4 is 33.0 Å². The van der Waals surface area contributed by atoms with E-state index in [-0.39, 0.29) is 0 Å². The van der Waals surface area contributed by atoms with Crippen molar-refractivity contribution in [2.75, 3.05) is 0 Å². The molecule has 24 heavy (non-hydrogen) atoms. The third-order valence-electron chi connectivity index (χ3n) is 5.21. The fourth-order valence-corrected chi connectivity index (χ4v) is 4.80. The Bertz CT molecular complexity index is 1030. The van der Waals surface area contributed by atoms with Gasteiger partial charge in [0.15, 0.2) is 0 Å². The van der Waals surface area contributed by atoms with Gasteiger partial charge in [-0.1, -0.05) is 48.9 Å². The Balaban J connectivity index is 1.93. The van der Waals surface area contributed by atoms with Crippen LogP contribution >= 0.6 is 11.3 Å². The largest absolute Gasteiger partial charge is 0.246 e. The molecule has 0 radical (unpaired) electrons. The molecule has 5 rings (SSSR count). The molecule has 0 aliphatic heterocycles. The van der Waals surface area contributed by atoms with Crippen molar-refractivity contribution in [3.63, 3.8) is 0 Å². The second-order valence-electron chi connectivity index (χ2n) is 6.64. The summed E-state index contributed by atoms with van der Waals surface area (Å²) in [6.45, 7) is 0. The van der Waals surface area contributed by atoms with Crippen molar-refractivity contribution < 1.29 is 0 Å². The number of nitrogens with zero attached hydrogens (tertiary/aromatic N) is 1. The number of thiophene rings is 1. The van der Waals surface area contributed by atoms with Gasteiger partial charge < -0.3 is 0 Å². The van der Waals surface area contributed by atoms with Gasteiger partial charge in [-0.15, -0.1) is 11.3 Å². The quantitative estimate of drug-likeness (QED) is 0.291. The van der Waals surface area contributed by atoms with E-state index in [2.05, 4.69) is 53.9 Å². The maximum atomic E-state index is 5.21. The van der Waals surface area contributed by atoms with Gasteiger partial charge in [0.05, 0.1) is 16.1 Å². The second-order valence-corrected chi connectivity index (χ2v) is 7.59. The monoisotopic (exact) mass is 329 g/mol. The standard InChI is InChI=1S/C22H19NS/c1-2-9-17-18(10-3-1)22(20-11-6-14-24-20)23-21-16-8-5-4-7-15(16)12-13-19(17)21/h4-8,11-14H,1-3,9-10H2. The van der Waals surface area contributed by atoms with E-state index >= 15 is 0 Å². The molecular weight excluding hydrogens is 310 g/mol. The van der Waals surface area contributed by atoms with Crippen LogP contribution in [0.25, 0.3) is 32.2 Å². The summed E-state index contributed by atoms with van der Waals surface area (Å²) in [7, 11) is 0. The first-order valence-corrected chi connectivity index (χ1v) is 9.67. The summed E-state index contributed by atoms with van der Waals surface area (Å²) < 4.78 is 0. The molecule has 0 saturated heterocycles. The highest BCUT2D eigenvalue weighted by Gasteiger charge is 2.19. The van der Waals surface area contributed by atoms with E-state index in [0.29, 0.717) is 0 Å². The fourth-order valence-electron chi connectivity index (χ4n) is 4.06. The smallest absolute Gasteiger partial charge is 0.0844 e. The molecule has 2 aromatic carbocycles. The lowest BCUT2D eigenvalue weighted by atomic mass is 9.94. The summed E-state index contributed by atoms with van der Waals surface area (Å²) in [5.74, 6) is 0. The number of pyridine rings is 1. The lowest BCUT2D eigenvalue weighted by Crippen LogP contribution is -2.00. The molecule has 2 aromatic heterocycles. The van der Waals surface area contributed by atoms with Crippen LogP contribution in [-0.2, 0) is 12.8 Å². The molecule has 118 valence electrons. The number of aromatic nitrogens is 1. The number of hydrogen-bond donors (Lipinski definition) is 0. The minimum absolute atomic E-state index is 1.17. The first-order chi connectivity index (χ1) is 11.9. The second kappa shape index (κ2) is 5.71. The van der Waals surface area contributed by atoms with Gasteiger partial charge in [0.2, 0.25) is 0 Å². The molecule has 1 aliphatic carbocycles. The minimum Gasteiger partial charge on any atom is -0.246 e. The Morgan fingerprint density at radius 2 is 1.62 bits per heavy atom. The highest BCUT2D eigenvalue weighted by molar-refractivity contribution is 7.13. The molecule has 1 nitrogen and oxygen atoms in total. The SMILES string of the molecule is c1csc(-c2nc3c(ccc4ccccc43)c3c2CCCCC3)c1. The highest BCUT2D eigenvalue weighted by atomic mass is 32.1. The van der Waals surface area contributed by atoms with E-state index in [0.717, 1.165) is 0 Å². The van der Waals surface area contributed by atoms with Crippen molar-refractivity contribution in [2.24, 2.45) is 0 Å². The zero-order valence-corrected chi connectivity index (χ0v) is 14.4. The first kappa shape index (κ1) is 14.2. The number of benzene rings is 2. The lowest BCUT2D eigenvalue weighted by Gasteiger charge is -2.15. The van der Waals surface area contributed by atoms with E-state index in [1.165, 1.54) is 69.9 Å². The van der Waals surface area contributed by atoms with Gasteiger partial charge in [-0.3, -0.25) is 0 Å². The fraction of sp³-hybridized carbons (Fsp3) is 0.227. The molecule has 0 unspecified atom stereocenters. The van der Waals surface area contributed by atoms with Crippen LogP contribution < -0.4 is 0 Å². The van der Waals surface area contributed by atoms with E-state index < -0.39 is 0 Å². The summed E-state index contributed by atoms with van der Waals surface area (Å²) in [6, 6.07) is 17.5. The topological polar surface area (TPSA) is 12.9 Å². The summed E-state index contributed by atoms with van der Waals surface area (Å²) >= 11 is 1.81. The number of hydrogen-bond acceptors (Lipinski definition) is 2. The van der Waals surface area contributed by atoms with Crippen LogP contribution in [0.15, 0.2) is 53.9 Å². The van der Waals surface area contributed by atoms with E-state index in [1.54, 1.807) is 5.56 Å². The molecule has 0 saturated carbocycles. The molecule has 0 amide bonds. The van der Waals surface area contributed by atoms with Crippen LogP contribution in [-0.4, -0.2) is 4.98 Å². The van der Waals surface area contributed by atoms with Gasteiger partial charge >= 0.3 is 0 Å². The molecule has 1 aliphatic rings. The number of aryl methyl sites for hydroxylation is 1. The third-order valence-corrected chi connectivity index (χ3v) is 6.08. The van der Waals surface area contributed by atoms with Crippen molar-refractivity contribution in [1.29, 1.82) is 0 Å². The average molecular weight is 329 g/mol. The predicted molar refractivity (Wildman–Crippen MR) is 104 cm³/mol. The summed E-state index contributed by atoms with van der Waals surface area (Å²) in [5, 5.41) is 6.09. The summed E-state index contributed by atoms with van der Waals surface area (Å²) in [5.41, 5.74) is 5.45. The zero-order valence-electron chi connectivity index (χ0n) is 13.6. The number of rotatable bonds is 1. The van der Waals surface area contributed by atoms with Gasteiger partial charge in [0.25, 0.3) is 0 Å². The van der Waals surface area contributed by atoms with E-state index in [9.17, 15) is 0 Å². The summed E-state index contributed by atoms with van der Waals surface area (Å²) in [6.07, 6.45) is 6.26. The van der Waals surface area contributed by atoms with Gasteiger partial charge in [0, 0.05) is 10.8 Å². The lowest BCUT2D eigenvalue weighted by molar-refractivity contribution is 0.712. The van der Waals surface area contributed by atoms with E-state index in [4.69, 9.17) is 4.98 Å². The molecule has 0 spiro atoms. The minimum atomic E-state index is 1.17. The molecule has 2 heterocycles. The highest BCUT2D eigenvalue weighted by Crippen LogP contribution is 2.38. The van der Waals surface area contributed by atoms with Crippen LogP contribution in [0.5, 0.6) is 0 Å². The van der Waals surface area contributed by atoms with Gasteiger partial charge in [-0.25, -0.2) is 4.98 Å².